The Balaban J connectivity index is 1.26. The van der Waals surface area contributed by atoms with Crippen molar-refractivity contribution in [1.82, 2.24) is 15.1 Å². The van der Waals surface area contributed by atoms with Gasteiger partial charge in [-0.05, 0) is 30.9 Å². The summed E-state index contributed by atoms with van der Waals surface area (Å²) < 4.78 is 11.6. The van der Waals surface area contributed by atoms with Crippen LogP contribution in [0.2, 0.25) is 0 Å². The van der Waals surface area contributed by atoms with Gasteiger partial charge in [0.25, 0.3) is 0 Å². The lowest BCUT2D eigenvalue weighted by atomic mass is 10.0. The van der Waals surface area contributed by atoms with E-state index in [4.69, 9.17) is 9.15 Å². The van der Waals surface area contributed by atoms with Crippen molar-refractivity contribution in [3.05, 3.63) is 47.2 Å². The molecule has 0 aliphatic carbocycles. The third-order valence-corrected chi connectivity index (χ3v) is 5.51. The van der Waals surface area contributed by atoms with Gasteiger partial charge in [0.15, 0.2) is 0 Å². The number of ether oxygens (including phenoxy) is 1. The Kier molecular flexibility index (Phi) is 4.76. The zero-order valence-electron chi connectivity index (χ0n) is 15.4. The van der Waals surface area contributed by atoms with Crippen molar-refractivity contribution in [1.29, 1.82) is 0 Å². The van der Waals surface area contributed by atoms with E-state index < -0.39 is 0 Å². The number of likely N-dealkylation sites (tertiary alicyclic amines) is 1. The summed E-state index contributed by atoms with van der Waals surface area (Å²) in [7, 11) is 0. The maximum Gasteiger partial charge on any atom is 0.223 e. The van der Waals surface area contributed by atoms with Gasteiger partial charge in [0, 0.05) is 32.4 Å². The maximum atomic E-state index is 12.6. The van der Waals surface area contributed by atoms with E-state index in [1.807, 2.05) is 17.0 Å². The molecule has 1 amide bonds. The molecule has 0 spiro atoms. The molecule has 2 aliphatic heterocycles. The highest BCUT2D eigenvalue weighted by molar-refractivity contribution is 5.77. The summed E-state index contributed by atoms with van der Waals surface area (Å²) >= 11 is 0. The summed E-state index contributed by atoms with van der Waals surface area (Å²) in [6.07, 6.45) is 3.25. The minimum absolute atomic E-state index is 0.120. The van der Waals surface area contributed by atoms with Crippen LogP contribution >= 0.6 is 0 Å². The van der Waals surface area contributed by atoms with E-state index in [0.717, 1.165) is 19.4 Å². The number of hydrogen-bond donors (Lipinski definition) is 0. The second-order valence-electron chi connectivity index (χ2n) is 7.44. The number of rotatable bonds is 5. The molecule has 6 nitrogen and oxygen atoms in total. The minimum atomic E-state index is 0.120. The molecular formula is C20H25N3O3. The van der Waals surface area contributed by atoms with Gasteiger partial charge in [-0.15, -0.1) is 10.2 Å². The van der Waals surface area contributed by atoms with Gasteiger partial charge >= 0.3 is 0 Å². The first-order chi connectivity index (χ1) is 12.6. The van der Waals surface area contributed by atoms with E-state index >= 15 is 0 Å². The fourth-order valence-electron chi connectivity index (χ4n) is 4.10. The van der Waals surface area contributed by atoms with Gasteiger partial charge in [-0.2, -0.15) is 0 Å². The average molecular weight is 355 g/mol. The Morgan fingerprint density at radius 2 is 2.08 bits per heavy atom. The van der Waals surface area contributed by atoms with Crippen molar-refractivity contribution in [2.24, 2.45) is 5.92 Å². The topological polar surface area (TPSA) is 68.5 Å². The molecule has 3 heterocycles. The molecule has 2 fully saturated rings. The van der Waals surface area contributed by atoms with Gasteiger partial charge in [0.05, 0.1) is 18.6 Å². The number of hydrogen-bond acceptors (Lipinski definition) is 5. The highest BCUT2D eigenvalue weighted by Gasteiger charge is 2.43. The fourth-order valence-corrected chi connectivity index (χ4v) is 4.10. The molecule has 3 atom stereocenters. The molecule has 1 aromatic heterocycles. The largest absolute Gasteiger partial charge is 0.426 e. The summed E-state index contributed by atoms with van der Waals surface area (Å²) in [5.74, 6) is 1.88. The molecule has 0 radical (unpaired) electrons. The summed E-state index contributed by atoms with van der Waals surface area (Å²) in [6.45, 7) is 5.40. The lowest BCUT2D eigenvalue weighted by Crippen LogP contribution is -2.31. The SMILES string of the molecule is Cc1nnc(C[C@@H]2C[C@@H]3CN(C(=O)CCc4ccccc4C)C[C@@H]3O2)o1. The van der Waals surface area contributed by atoms with Crippen LogP contribution in [-0.4, -0.2) is 46.3 Å². The van der Waals surface area contributed by atoms with Crippen LogP contribution in [0.3, 0.4) is 0 Å². The molecule has 6 heteroatoms. The first-order valence-corrected chi connectivity index (χ1v) is 9.35. The molecule has 2 saturated heterocycles. The Bertz CT molecular complexity index is 774. The molecule has 138 valence electrons. The summed E-state index contributed by atoms with van der Waals surface area (Å²) in [6, 6.07) is 8.27. The number of aryl methyl sites for hydroxylation is 3. The molecule has 4 rings (SSSR count). The summed E-state index contributed by atoms with van der Waals surface area (Å²) in [5.41, 5.74) is 2.51. The summed E-state index contributed by atoms with van der Waals surface area (Å²) in [5, 5.41) is 7.91. The average Bonchev–Trinajstić information content (AvgIpc) is 3.29. The third-order valence-electron chi connectivity index (χ3n) is 5.51. The van der Waals surface area contributed by atoms with Gasteiger partial charge in [0.1, 0.15) is 0 Å². The smallest absolute Gasteiger partial charge is 0.223 e. The van der Waals surface area contributed by atoms with E-state index in [2.05, 4.69) is 29.3 Å². The number of nitrogens with zero attached hydrogens (tertiary/aromatic N) is 3. The van der Waals surface area contributed by atoms with E-state index in [9.17, 15) is 4.79 Å². The molecular weight excluding hydrogens is 330 g/mol. The standard InChI is InChI=1S/C20H25N3O3/c1-13-5-3-4-6-15(13)7-8-20(24)23-11-16-9-17(26-18(16)12-23)10-19-22-21-14(2)25-19/h3-6,16-18H,7-12H2,1-2H3/t16-,17+,18+/m1/s1. The molecule has 0 unspecified atom stereocenters. The van der Waals surface area contributed by atoms with Crippen LogP contribution in [0.25, 0.3) is 0 Å². The lowest BCUT2D eigenvalue weighted by Gasteiger charge is -2.19. The number of carbonyl (C=O) groups is 1. The molecule has 0 bridgehead atoms. The zero-order chi connectivity index (χ0) is 18.1. The zero-order valence-corrected chi connectivity index (χ0v) is 15.4. The Hall–Kier alpha value is -2.21. The molecule has 1 aromatic carbocycles. The second kappa shape index (κ2) is 7.19. The van der Waals surface area contributed by atoms with Crippen LogP contribution < -0.4 is 0 Å². The van der Waals surface area contributed by atoms with Crippen LogP contribution in [0.4, 0.5) is 0 Å². The normalized spacial score (nSPS) is 24.8. The van der Waals surface area contributed by atoms with Crippen molar-refractivity contribution in [2.75, 3.05) is 13.1 Å². The number of fused-ring (bicyclic) bond motifs is 1. The molecule has 2 aliphatic rings. The number of benzene rings is 1. The highest BCUT2D eigenvalue weighted by atomic mass is 16.5. The molecule has 0 N–H and O–H groups in total. The van der Waals surface area contributed by atoms with Crippen LogP contribution in [0, 0.1) is 19.8 Å². The Morgan fingerprint density at radius 1 is 1.23 bits per heavy atom. The third kappa shape index (κ3) is 3.65. The number of amides is 1. The van der Waals surface area contributed by atoms with Crippen molar-refractivity contribution in [3.8, 4) is 0 Å². The van der Waals surface area contributed by atoms with Crippen LogP contribution in [0.5, 0.6) is 0 Å². The van der Waals surface area contributed by atoms with Crippen molar-refractivity contribution >= 4 is 5.91 Å². The molecule has 26 heavy (non-hydrogen) atoms. The van der Waals surface area contributed by atoms with Crippen LogP contribution in [-0.2, 0) is 22.4 Å². The Labute approximate surface area is 153 Å². The summed E-state index contributed by atoms with van der Waals surface area (Å²) in [4.78, 5) is 14.5. The lowest BCUT2D eigenvalue weighted by molar-refractivity contribution is -0.131. The minimum Gasteiger partial charge on any atom is -0.426 e. The van der Waals surface area contributed by atoms with Crippen molar-refractivity contribution in [2.45, 2.75) is 51.7 Å². The fraction of sp³-hybridized carbons (Fsp3) is 0.550. The van der Waals surface area contributed by atoms with E-state index in [1.54, 1.807) is 6.92 Å². The van der Waals surface area contributed by atoms with Crippen LogP contribution in [0.15, 0.2) is 28.7 Å². The first kappa shape index (κ1) is 17.2. The predicted molar refractivity (Wildman–Crippen MR) is 95.6 cm³/mol. The van der Waals surface area contributed by atoms with Crippen molar-refractivity contribution < 1.29 is 13.9 Å². The number of aromatic nitrogens is 2. The second-order valence-corrected chi connectivity index (χ2v) is 7.44. The van der Waals surface area contributed by atoms with Gasteiger partial charge in [0.2, 0.25) is 17.7 Å². The van der Waals surface area contributed by atoms with Gasteiger partial charge in [-0.1, -0.05) is 24.3 Å². The maximum absolute atomic E-state index is 12.6. The van der Waals surface area contributed by atoms with Gasteiger partial charge in [-0.25, -0.2) is 0 Å². The van der Waals surface area contributed by atoms with E-state index in [0.29, 0.717) is 37.1 Å². The monoisotopic (exact) mass is 355 g/mol. The first-order valence-electron chi connectivity index (χ1n) is 9.35. The van der Waals surface area contributed by atoms with E-state index in [1.165, 1.54) is 11.1 Å². The highest BCUT2D eigenvalue weighted by Crippen LogP contribution is 2.34. The van der Waals surface area contributed by atoms with Crippen LogP contribution in [0.1, 0.15) is 35.7 Å². The molecule has 0 saturated carbocycles. The van der Waals surface area contributed by atoms with Gasteiger partial charge in [-0.3, -0.25) is 4.79 Å². The van der Waals surface area contributed by atoms with Crippen molar-refractivity contribution in [3.63, 3.8) is 0 Å². The number of carbonyl (C=O) groups excluding carboxylic acids is 1. The predicted octanol–water partition coefficient (Wildman–Crippen LogP) is 2.48. The van der Waals surface area contributed by atoms with E-state index in [-0.39, 0.29) is 18.1 Å². The van der Waals surface area contributed by atoms with Gasteiger partial charge < -0.3 is 14.1 Å². The molecule has 2 aromatic rings. The quantitative estimate of drug-likeness (QED) is 0.824. The Morgan fingerprint density at radius 3 is 2.81 bits per heavy atom.